The topological polar surface area (TPSA) is 91.6 Å². The largest absolute Gasteiger partial charge is 0.478 e. The number of piperidine rings is 1. The molecule has 0 radical (unpaired) electrons. The number of carbonyl (C=O) groups excluding carboxylic acids is 1. The molecule has 226 valence electrons. The highest BCUT2D eigenvalue weighted by atomic mass is 16.4. The molecule has 3 aliphatic rings. The van der Waals surface area contributed by atoms with E-state index in [0.717, 1.165) is 69.5 Å². The number of nitrogens with zero attached hydrogens (tertiary/aromatic N) is 5. The van der Waals surface area contributed by atoms with Crippen LogP contribution in [0.25, 0.3) is 17.1 Å². The van der Waals surface area contributed by atoms with E-state index in [2.05, 4.69) is 58.2 Å². The first-order chi connectivity index (χ1) is 21.4. The van der Waals surface area contributed by atoms with Gasteiger partial charge in [0.2, 0.25) is 5.91 Å². The number of hydrogen-bond acceptors (Lipinski definition) is 5. The molecule has 8 heteroatoms. The Labute approximate surface area is 258 Å². The molecule has 0 unspecified atom stereocenters. The summed E-state index contributed by atoms with van der Waals surface area (Å²) < 4.78 is 1.65. The maximum atomic E-state index is 12.5. The predicted octanol–water partition coefficient (Wildman–Crippen LogP) is 6.18. The normalized spacial score (nSPS) is 16.8. The molecule has 0 bridgehead atoms. The minimum Gasteiger partial charge on any atom is -0.478 e. The van der Waals surface area contributed by atoms with Gasteiger partial charge in [-0.25, -0.2) is 14.5 Å². The van der Waals surface area contributed by atoms with E-state index in [0.29, 0.717) is 35.7 Å². The number of pyridine rings is 1. The van der Waals surface area contributed by atoms with Crippen molar-refractivity contribution in [3.8, 4) is 17.1 Å². The van der Waals surface area contributed by atoms with E-state index in [1.807, 2.05) is 25.1 Å². The second-order valence-corrected chi connectivity index (χ2v) is 12.5. The fraction of sp³-hybridized carbons (Fsp3) is 0.389. The average Bonchev–Trinajstić information content (AvgIpc) is 3.67. The van der Waals surface area contributed by atoms with Crippen LogP contribution in [0.2, 0.25) is 0 Å². The van der Waals surface area contributed by atoms with Gasteiger partial charge in [-0.15, -0.1) is 0 Å². The van der Waals surface area contributed by atoms with Crippen molar-refractivity contribution < 1.29 is 14.7 Å². The van der Waals surface area contributed by atoms with Gasteiger partial charge in [-0.05, 0) is 85.8 Å². The second-order valence-electron chi connectivity index (χ2n) is 12.5. The number of carboxylic acid groups (broad SMARTS) is 1. The van der Waals surface area contributed by atoms with E-state index in [4.69, 9.17) is 4.98 Å². The molecule has 1 saturated carbocycles. The summed E-state index contributed by atoms with van der Waals surface area (Å²) in [5.74, 6) is 0.832. The molecule has 7 rings (SSSR count). The number of amides is 1. The zero-order chi connectivity index (χ0) is 30.4. The molecule has 1 saturated heterocycles. The minimum absolute atomic E-state index is 0.210. The molecule has 2 aliphatic heterocycles. The number of aromatic carboxylic acids is 1. The van der Waals surface area contributed by atoms with Crippen molar-refractivity contribution in [2.24, 2.45) is 5.92 Å². The summed E-state index contributed by atoms with van der Waals surface area (Å²) in [6.07, 6.45) is 7.17. The number of para-hydroxylation sites is 1. The van der Waals surface area contributed by atoms with Crippen molar-refractivity contribution in [2.45, 2.75) is 64.8 Å². The zero-order valence-corrected chi connectivity index (χ0v) is 25.5. The van der Waals surface area contributed by atoms with Gasteiger partial charge in [-0.1, -0.05) is 49.4 Å². The van der Waals surface area contributed by atoms with Crippen LogP contribution < -0.4 is 4.90 Å². The summed E-state index contributed by atoms with van der Waals surface area (Å²) in [5, 5.41) is 14.0. The van der Waals surface area contributed by atoms with Crippen LogP contribution in [0.4, 0.5) is 5.69 Å². The Morgan fingerprint density at radius 3 is 2.50 bits per heavy atom. The van der Waals surface area contributed by atoms with Crippen molar-refractivity contribution >= 4 is 17.6 Å². The van der Waals surface area contributed by atoms with Gasteiger partial charge < -0.3 is 14.9 Å². The first-order valence-electron chi connectivity index (χ1n) is 15.9. The zero-order valence-electron chi connectivity index (χ0n) is 25.5. The molecule has 2 aromatic carbocycles. The quantitative estimate of drug-likeness (QED) is 0.264. The molecule has 1 N–H and O–H groups in total. The fourth-order valence-corrected chi connectivity index (χ4v) is 7.06. The van der Waals surface area contributed by atoms with E-state index >= 15 is 0 Å². The standard InChI is InChI=1S/C36H39N5O3/c1-3-32-30(36(43)44)21-37-41(32)33-9-5-8-31(38-33)29-7-4-6-25-16-19-40(34(25)29)22-28-13-12-27(20-23(28)2)24-14-17-39(18-15-24)35(42)26-10-11-26/h4-9,12-13,20-21,24,26H,3,10-11,14-19,22H2,1-2H3,(H,43,44). The van der Waals surface area contributed by atoms with Crippen LogP contribution in [0.5, 0.6) is 0 Å². The third-order valence-electron chi connectivity index (χ3n) is 9.68. The molecule has 4 heterocycles. The lowest BCUT2D eigenvalue weighted by Crippen LogP contribution is -2.38. The number of anilines is 1. The van der Waals surface area contributed by atoms with Gasteiger partial charge in [-0.3, -0.25) is 4.79 Å². The van der Waals surface area contributed by atoms with Crippen LogP contribution in [0, 0.1) is 12.8 Å². The summed E-state index contributed by atoms with van der Waals surface area (Å²) in [5.41, 5.74) is 9.33. The SMILES string of the molecule is CCc1c(C(=O)O)cnn1-c1cccc(-c2cccc3c2N(Cc2ccc(C4CCN(C(=O)C5CC5)CC4)cc2C)CC3)n1. The Morgan fingerprint density at radius 2 is 1.77 bits per heavy atom. The van der Waals surface area contributed by atoms with Crippen molar-refractivity contribution in [1.82, 2.24) is 19.7 Å². The third-order valence-corrected chi connectivity index (χ3v) is 9.68. The van der Waals surface area contributed by atoms with Gasteiger partial charge in [0.05, 0.1) is 17.6 Å². The van der Waals surface area contributed by atoms with E-state index < -0.39 is 5.97 Å². The Bertz CT molecular complexity index is 1730. The molecule has 2 fully saturated rings. The molecule has 2 aromatic heterocycles. The van der Waals surface area contributed by atoms with Crippen LogP contribution in [-0.4, -0.2) is 56.3 Å². The number of carboxylic acids is 1. The van der Waals surface area contributed by atoms with Crippen LogP contribution in [0.3, 0.4) is 0 Å². The summed E-state index contributed by atoms with van der Waals surface area (Å²) in [6, 6.07) is 19.3. The lowest BCUT2D eigenvalue weighted by molar-refractivity contribution is -0.133. The second kappa shape index (κ2) is 11.6. The first-order valence-corrected chi connectivity index (χ1v) is 15.9. The molecule has 1 aliphatic carbocycles. The smallest absolute Gasteiger partial charge is 0.339 e. The molecule has 1 amide bonds. The monoisotopic (exact) mass is 589 g/mol. The summed E-state index contributed by atoms with van der Waals surface area (Å²) >= 11 is 0. The average molecular weight is 590 g/mol. The summed E-state index contributed by atoms with van der Waals surface area (Å²) in [4.78, 5) is 33.7. The van der Waals surface area contributed by atoms with E-state index in [9.17, 15) is 14.7 Å². The molecular weight excluding hydrogens is 550 g/mol. The number of rotatable bonds is 8. The van der Waals surface area contributed by atoms with E-state index in [-0.39, 0.29) is 5.56 Å². The molecule has 44 heavy (non-hydrogen) atoms. The lowest BCUT2D eigenvalue weighted by Gasteiger charge is -2.32. The van der Waals surface area contributed by atoms with E-state index in [1.165, 1.54) is 34.1 Å². The van der Waals surface area contributed by atoms with Crippen molar-refractivity contribution in [3.63, 3.8) is 0 Å². The van der Waals surface area contributed by atoms with Crippen LogP contribution in [-0.2, 0) is 24.2 Å². The van der Waals surface area contributed by atoms with Crippen molar-refractivity contribution in [3.05, 3.63) is 94.3 Å². The van der Waals surface area contributed by atoms with Crippen molar-refractivity contribution in [1.29, 1.82) is 0 Å². The maximum absolute atomic E-state index is 12.5. The highest BCUT2D eigenvalue weighted by Gasteiger charge is 2.35. The highest BCUT2D eigenvalue weighted by Crippen LogP contribution is 2.39. The van der Waals surface area contributed by atoms with E-state index in [1.54, 1.807) is 4.68 Å². The molecule has 8 nitrogen and oxygen atoms in total. The van der Waals surface area contributed by atoms with Gasteiger partial charge in [0, 0.05) is 43.3 Å². The molecule has 0 atom stereocenters. The summed E-state index contributed by atoms with van der Waals surface area (Å²) in [6.45, 7) is 7.68. The van der Waals surface area contributed by atoms with Gasteiger partial charge in [-0.2, -0.15) is 5.10 Å². The Kier molecular flexibility index (Phi) is 7.44. The maximum Gasteiger partial charge on any atom is 0.339 e. The van der Waals surface area contributed by atoms with Gasteiger partial charge >= 0.3 is 5.97 Å². The number of likely N-dealkylation sites (tertiary alicyclic amines) is 1. The summed E-state index contributed by atoms with van der Waals surface area (Å²) in [7, 11) is 0. The number of hydrogen-bond donors (Lipinski definition) is 1. The number of fused-ring (bicyclic) bond motifs is 1. The number of benzene rings is 2. The van der Waals surface area contributed by atoms with Crippen LogP contribution in [0.1, 0.15) is 76.8 Å². The number of carbonyl (C=O) groups is 2. The van der Waals surface area contributed by atoms with Gasteiger partial charge in [0.1, 0.15) is 5.56 Å². The Morgan fingerprint density at radius 1 is 0.977 bits per heavy atom. The third kappa shape index (κ3) is 5.27. The number of aryl methyl sites for hydroxylation is 1. The van der Waals surface area contributed by atoms with Gasteiger partial charge in [0.25, 0.3) is 0 Å². The van der Waals surface area contributed by atoms with Crippen molar-refractivity contribution in [2.75, 3.05) is 24.5 Å². The highest BCUT2D eigenvalue weighted by molar-refractivity contribution is 5.89. The first kappa shape index (κ1) is 28.3. The molecule has 0 spiro atoms. The molecular formula is C36H39N5O3. The Balaban J connectivity index is 1.11. The molecule has 4 aromatic rings. The fourth-order valence-electron chi connectivity index (χ4n) is 7.06. The van der Waals surface area contributed by atoms with Crippen LogP contribution in [0.15, 0.2) is 60.8 Å². The predicted molar refractivity (Wildman–Crippen MR) is 170 cm³/mol. The Hall–Kier alpha value is -4.46. The number of aromatic nitrogens is 3. The van der Waals surface area contributed by atoms with Gasteiger partial charge in [0.15, 0.2) is 5.82 Å². The van der Waals surface area contributed by atoms with Crippen LogP contribution >= 0.6 is 0 Å². The lowest BCUT2D eigenvalue weighted by atomic mass is 9.87. The minimum atomic E-state index is -0.977.